The number of carboxylic acid groups (broad SMARTS) is 1. The monoisotopic (exact) mass is 465 g/mol. The van der Waals surface area contributed by atoms with Gasteiger partial charge in [0.2, 0.25) is 0 Å². The summed E-state index contributed by atoms with van der Waals surface area (Å²) < 4.78 is 37.9. The van der Waals surface area contributed by atoms with E-state index in [1.54, 1.807) is 11.3 Å². The largest absolute Gasteiger partial charge is 0.490 e. The van der Waals surface area contributed by atoms with Gasteiger partial charge in [0.1, 0.15) is 11.1 Å². The zero-order valence-corrected chi connectivity index (χ0v) is 18.0. The van der Waals surface area contributed by atoms with Crippen molar-refractivity contribution in [1.29, 1.82) is 0 Å². The Morgan fingerprint density at radius 1 is 1.32 bits per heavy atom. The third kappa shape index (κ3) is 6.61. The minimum absolute atomic E-state index is 0.0196. The zero-order valence-electron chi connectivity index (χ0n) is 17.1. The minimum atomic E-state index is -5.08. The summed E-state index contributed by atoms with van der Waals surface area (Å²) in [4.78, 5) is 33.9. The molecule has 3 fully saturated rings. The molecule has 1 amide bonds. The number of ether oxygens (including phenoxy) is 1. The molecular formula is C19H26F3N3O5S. The molecule has 0 aliphatic carbocycles. The van der Waals surface area contributed by atoms with Crippen LogP contribution in [-0.4, -0.2) is 76.6 Å². The van der Waals surface area contributed by atoms with E-state index in [1.807, 2.05) is 6.92 Å². The molecule has 0 aromatic carbocycles. The number of carbonyl (C=O) groups is 2. The summed E-state index contributed by atoms with van der Waals surface area (Å²) >= 11 is 1.72. The van der Waals surface area contributed by atoms with Gasteiger partial charge in [-0.25, -0.2) is 14.8 Å². The van der Waals surface area contributed by atoms with Crippen LogP contribution < -0.4 is 0 Å². The lowest BCUT2D eigenvalue weighted by Crippen LogP contribution is -2.43. The number of likely N-dealkylation sites (tertiary alicyclic amines) is 1. The Balaban J connectivity index is 0.000000339. The number of rotatable bonds is 3. The number of thiazole rings is 1. The van der Waals surface area contributed by atoms with Gasteiger partial charge in [0.05, 0.1) is 19.3 Å². The molecule has 31 heavy (non-hydrogen) atoms. The van der Waals surface area contributed by atoms with E-state index in [4.69, 9.17) is 19.5 Å². The molecular weight excluding hydrogens is 439 g/mol. The van der Waals surface area contributed by atoms with Crippen molar-refractivity contribution in [3.63, 3.8) is 0 Å². The van der Waals surface area contributed by atoms with Crippen LogP contribution >= 0.6 is 11.3 Å². The Morgan fingerprint density at radius 3 is 2.65 bits per heavy atom. The van der Waals surface area contributed by atoms with Gasteiger partial charge < -0.3 is 9.84 Å². The standard InChI is InChI=1S/C17H25N3O3S.C2HF3O2/c1-12-11-24-16(18-12)10-19-6-4-13-8-14(23-15(13)9-19)17(21)20-5-2-3-7-22-20;3-2(4,5)1(6)7/h11,13-15H,2-10H2,1H3;(H,6,7)/t13-,14-,15+;/m0./s1. The normalized spacial score (nSPS) is 26.7. The molecule has 1 N–H and O–H groups in total. The Kier molecular flexibility index (Phi) is 7.89. The fourth-order valence-electron chi connectivity index (χ4n) is 3.89. The zero-order chi connectivity index (χ0) is 22.6. The van der Waals surface area contributed by atoms with Crippen LogP contribution in [0, 0.1) is 12.8 Å². The lowest BCUT2D eigenvalue weighted by molar-refractivity contribution is -0.206. The first kappa shape index (κ1) is 23.9. The van der Waals surface area contributed by atoms with Crippen LogP contribution in [0.2, 0.25) is 0 Å². The van der Waals surface area contributed by atoms with Crippen LogP contribution in [-0.2, 0) is 25.7 Å². The summed E-state index contributed by atoms with van der Waals surface area (Å²) in [6.45, 7) is 6.22. The summed E-state index contributed by atoms with van der Waals surface area (Å²) in [5.74, 6) is -2.24. The molecule has 0 spiro atoms. The average Bonchev–Trinajstić information content (AvgIpc) is 3.33. The molecule has 8 nitrogen and oxygen atoms in total. The number of carboxylic acids is 1. The number of hydroxylamine groups is 2. The van der Waals surface area contributed by atoms with E-state index < -0.39 is 12.1 Å². The summed E-state index contributed by atoms with van der Waals surface area (Å²) in [7, 11) is 0. The van der Waals surface area contributed by atoms with E-state index in [0.29, 0.717) is 19.1 Å². The average molecular weight is 465 g/mol. The van der Waals surface area contributed by atoms with E-state index >= 15 is 0 Å². The number of aromatic nitrogens is 1. The maximum atomic E-state index is 12.6. The number of hydrogen-bond acceptors (Lipinski definition) is 7. The Bertz CT molecular complexity index is 769. The van der Waals surface area contributed by atoms with E-state index in [0.717, 1.165) is 51.0 Å². The summed E-state index contributed by atoms with van der Waals surface area (Å²) in [6.07, 6.45) is -1.25. The predicted octanol–water partition coefficient (Wildman–Crippen LogP) is 2.62. The first-order valence-electron chi connectivity index (χ1n) is 10.2. The molecule has 0 bridgehead atoms. The number of aliphatic carboxylic acids is 1. The van der Waals surface area contributed by atoms with Gasteiger partial charge in [0, 0.05) is 24.2 Å². The van der Waals surface area contributed by atoms with Crippen molar-refractivity contribution in [3.8, 4) is 0 Å². The minimum Gasteiger partial charge on any atom is -0.475 e. The van der Waals surface area contributed by atoms with E-state index in [9.17, 15) is 18.0 Å². The number of carbonyl (C=O) groups excluding carboxylic acids is 1. The van der Waals surface area contributed by atoms with E-state index in [2.05, 4.69) is 15.3 Å². The van der Waals surface area contributed by atoms with E-state index in [-0.39, 0.29) is 18.1 Å². The molecule has 4 rings (SSSR count). The second kappa shape index (κ2) is 10.2. The van der Waals surface area contributed by atoms with Crippen LogP contribution in [0.25, 0.3) is 0 Å². The number of piperidine rings is 1. The van der Waals surface area contributed by atoms with Crippen molar-refractivity contribution in [3.05, 3.63) is 16.1 Å². The molecule has 1 aromatic rings. The molecule has 4 heterocycles. The lowest BCUT2D eigenvalue weighted by Gasteiger charge is -2.33. The third-order valence-electron chi connectivity index (χ3n) is 5.43. The third-order valence-corrected chi connectivity index (χ3v) is 6.38. The lowest BCUT2D eigenvalue weighted by atomic mass is 9.91. The Labute approximate surface area is 181 Å². The molecule has 3 aliphatic heterocycles. The fourth-order valence-corrected chi connectivity index (χ4v) is 4.71. The first-order valence-corrected chi connectivity index (χ1v) is 11.0. The molecule has 174 valence electrons. The maximum Gasteiger partial charge on any atom is 0.490 e. The van der Waals surface area contributed by atoms with Gasteiger partial charge in [-0.1, -0.05) is 0 Å². The van der Waals surface area contributed by atoms with Crippen LogP contribution in [0.1, 0.15) is 36.4 Å². The van der Waals surface area contributed by atoms with Gasteiger partial charge in [0.15, 0.2) is 0 Å². The van der Waals surface area contributed by atoms with Crippen molar-refractivity contribution in [1.82, 2.24) is 14.9 Å². The summed E-state index contributed by atoms with van der Waals surface area (Å²) in [5.41, 5.74) is 1.09. The van der Waals surface area contributed by atoms with Gasteiger partial charge >= 0.3 is 12.1 Å². The highest BCUT2D eigenvalue weighted by atomic mass is 32.1. The Morgan fingerprint density at radius 2 is 2.06 bits per heavy atom. The molecule has 0 saturated carbocycles. The Hall–Kier alpha value is -1.76. The molecule has 0 radical (unpaired) electrons. The highest BCUT2D eigenvalue weighted by molar-refractivity contribution is 7.09. The summed E-state index contributed by atoms with van der Waals surface area (Å²) in [5, 5.41) is 11.9. The number of amides is 1. The molecule has 3 saturated heterocycles. The molecule has 0 unspecified atom stereocenters. The van der Waals surface area contributed by atoms with Crippen molar-refractivity contribution in [2.24, 2.45) is 5.92 Å². The number of fused-ring (bicyclic) bond motifs is 1. The van der Waals surface area contributed by atoms with Crippen LogP contribution in [0.5, 0.6) is 0 Å². The SMILES string of the molecule is Cc1csc(CN2CC[C@H]3C[C@@H](C(=O)N4CCCCO4)O[C@@H]3C2)n1.O=C(O)C(F)(F)F. The fraction of sp³-hybridized carbons (Fsp3) is 0.737. The second-order valence-electron chi connectivity index (χ2n) is 7.85. The van der Waals surface area contributed by atoms with Crippen molar-refractivity contribution in [2.45, 2.75) is 57.5 Å². The quantitative estimate of drug-likeness (QED) is 0.734. The van der Waals surface area contributed by atoms with Gasteiger partial charge in [-0.2, -0.15) is 13.2 Å². The molecule has 1 aromatic heterocycles. The molecule has 3 atom stereocenters. The van der Waals surface area contributed by atoms with E-state index in [1.165, 1.54) is 10.1 Å². The predicted molar refractivity (Wildman–Crippen MR) is 104 cm³/mol. The van der Waals surface area contributed by atoms with Gasteiger partial charge in [-0.15, -0.1) is 11.3 Å². The smallest absolute Gasteiger partial charge is 0.475 e. The number of alkyl halides is 3. The highest BCUT2D eigenvalue weighted by Crippen LogP contribution is 2.35. The second-order valence-corrected chi connectivity index (χ2v) is 8.79. The van der Waals surface area contributed by atoms with Gasteiger partial charge in [-0.05, 0) is 45.1 Å². The first-order chi connectivity index (χ1) is 14.6. The topological polar surface area (TPSA) is 92.2 Å². The molecule has 12 heteroatoms. The number of aryl methyl sites for hydroxylation is 1. The highest BCUT2D eigenvalue weighted by Gasteiger charge is 2.43. The maximum absolute atomic E-state index is 12.6. The number of halogens is 3. The van der Waals surface area contributed by atoms with Crippen molar-refractivity contribution >= 4 is 23.2 Å². The van der Waals surface area contributed by atoms with Crippen molar-refractivity contribution < 1.29 is 37.4 Å². The van der Waals surface area contributed by atoms with Gasteiger partial charge in [-0.3, -0.25) is 14.5 Å². The van der Waals surface area contributed by atoms with Crippen LogP contribution in [0.4, 0.5) is 13.2 Å². The number of hydrogen-bond donors (Lipinski definition) is 1. The van der Waals surface area contributed by atoms with Crippen LogP contribution in [0.3, 0.4) is 0 Å². The van der Waals surface area contributed by atoms with Crippen molar-refractivity contribution in [2.75, 3.05) is 26.2 Å². The number of nitrogens with zero attached hydrogens (tertiary/aromatic N) is 3. The van der Waals surface area contributed by atoms with Gasteiger partial charge in [0.25, 0.3) is 5.91 Å². The van der Waals surface area contributed by atoms with Crippen LogP contribution in [0.15, 0.2) is 5.38 Å². The molecule has 3 aliphatic rings. The summed E-state index contributed by atoms with van der Waals surface area (Å²) in [6, 6.07) is 0.